The van der Waals surface area contributed by atoms with Gasteiger partial charge in [0, 0.05) is 50.7 Å². The monoisotopic (exact) mass is 355 g/mol. The quantitative estimate of drug-likeness (QED) is 0.862. The topological polar surface area (TPSA) is 63.1 Å². The summed E-state index contributed by atoms with van der Waals surface area (Å²) in [6.45, 7) is 6.96. The summed E-state index contributed by atoms with van der Waals surface area (Å²) in [5, 5.41) is 7.65. The van der Waals surface area contributed by atoms with Gasteiger partial charge in [-0.15, -0.1) is 0 Å². The molecule has 3 heterocycles. The Balaban J connectivity index is 1.48. The van der Waals surface area contributed by atoms with Crippen LogP contribution in [0.25, 0.3) is 0 Å². The summed E-state index contributed by atoms with van der Waals surface area (Å²) in [6, 6.07) is 4.32. The summed E-state index contributed by atoms with van der Waals surface area (Å²) in [6.07, 6.45) is 7.16. The van der Waals surface area contributed by atoms with Crippen LogP contribution in [0.15, 0.2) is 24.5 Å². The van der Waals surface area contributed by atoms with E-state index in [1.54, 1.807) is 6.20 Å². The van der Waals surface area contributed by atoms with Gasteiger partial charge in [0.1, 0.15) is 0 Å². The lowest BCUT2D eigenvalue weighted by molar-refractivity contribution is -0.122. The summed E-state index contributed by atoms with van der Waals surface area (Å²) in [5.41, 5.74) is 4.60. The maximum atomic E-state index is 12.4. The van der Waals surface area contributed by atoms with Crippen LogP contribution in [0, 0.1) is 13.8 Å². The van der Waals surface area contributed by atoms with Crippen LogP contribution in [0.1, 0.15) is 41.8 Å². The zero-order valence-corrected chi connectivity index (χ0v) is 16.0. The van der Waals surface area contributed by atoms with E-state index in [2.05, 4.69) is 33.3 Å². The molecule has 1 atom stereocenters. The van der Waals surface area contributed by atoms with Crippen molar-refractivity contribution in [3.63, 3.8) is 0 Å². The highest BCUT2D eigenvalue weighted by molar-refractivity contribution is 5.76. The van der Waals surface area contributed by atoms with Crippen molar-refractivity contribution in [3.05, 3.63) is 47.0 Å². The second-order valence-corrected chi connectivity index (χ2v) is 7.28. The molecule has 6 nitrogen and oxygen atoms in total. The Kier molecular flexibility index (Phi) is 6.04. The van der Waals surface area contributed by atoms with Crippen molar-refractivity contribution in [2.24, 2.45) is 7.05 Å². The molecule has 26 heavy (non-hydrogen) atoms. The molecule has 6 heteroatoms. The van der Waals surface area contributed by atoms with Crippen LogP contribution in [-0.2, 0) is 24.8 Å². The number of piperidine rings is 1. The molecule has 0 bridgehead atoms. The molecule has 3 rings (SSSR count). The number of likely N-dealkylation sites (tertiary alicyclic amines) is 1. The van der Waals surface area contributed by atoms with Crippen LogP contribution in [0.3, 0.4) is 0 Å². The van der Waals surface area contributed by atoms with Gasteiger partial charge in [-0.2, -0.15) is 5.10 Å². The van der Waals surface area contributed by atoms with Crippen molar-refractivity contribution in [3.8, 4) is 0 Å². The molecule has 2 aromatic rings. The molecule has 1 amide bonds. The summed E-state index contributed by atoms with van der Waals surface area (Å²) in [4.78, 5) is 19.0. The molecule has 2 aromatic heterocycles. The average Bonchev–Trinajstić information content (AvgIpc) is 2.86. The fraction of sp³-hybridized carbons (Fsp3) is 0.550. The number of hydrogen-bond donors (Lipinski definition) is 1. The lowest BCUT2D eigenvalue weighted by atomic mass is 10.0. The molecule has 0 saturated carbocycles. The van der Waals surface area contributed by atoms with Gasteiger partial charge in [0.15, 0.2) is 0 Å². The van der Waals surface area contributed by atoms with E-state index in [0.717, 1.165) is 50.3 Å². The zero-order valence-electron chi connectivity index (χ0n) is 16.0. The Morgan fingerprint density at radius 1 is 1.38 bits per heavy atom. The van der Waals surface area contributed by atoms with E-state index >= 15 is 0 Å². The van der Waals surface area contributed by atoms with Crippen molar-refractivity contribution in [1.29, 1.82) is 0 Å². The maximum absolute atomic E-state index is 12.4. The normalized spacial score (nSPS) is 18.0. The molecular weight excluding hydrogens is 326 g/mol. The number of nitrogens with zero attached hydrogens (tertiary/aromatic N) is 4. The van der Waals surface area contributed by atoms with E-state index < -0.39 is 0 Å². The lowest BCUT2D eigenvalue weighted by Crippen LogP contribution is -2.47. The predicted molar refractivity (Wildman–Crippen MR) is 102 cm³/mol. The molecule has 0 unspecified atom stereocenters. The first-order valence-corrected chi connectivity index (χ1v) is 9.42. The van der Waals surface area contributed by atoms with Gasteiger partial charge < -0.3 is 5.32 Å². The first-order chi connectivity index (χ1) is 12.5. The van der Waals surface area contributed by atoms with E-state index in [9.17, 15) is 4.79 Å². The van der Waals surface area contributed by atoms with Crippen LogP contribution in [0.5, 0.6) is 0 Å². The first-order valence-electron chi connectivity index (χ1n) is 9.42. The summed E-state index contributed by atoms with van der Waals surface area (Å²) in [7, 11) is 1.95. The summed E-state index contributed by atoms with van der Waals surface area (Å²) >= 11 is 0. The molecule has 1 fully saturated rings. The third kappa shape index (κ3) is 4.69. The van der Waals surface area contributed by atoms with Crippen molar-refractivity contribution >= 4 is 5.91 Å². The Hall–Kier alpha value is -2.21. The van der Waals surface area contributed by atoms with E-state index in [1.165, 1.54) is 11.1 Å². The number of carbonyl (C=O) groups excluding carboxylic acids is 1. The largest absolute Gasteiger partial charge is 0.352 e. The maximum Gasteiger partial charge on any atom is 0.220 e. The van der Waals surface area contributed by atoms with Gasteiger partial charge in [-0.25, -0.2) is 0 Å². The van der Waals surface area contributed by atoms with Gasteiger partial charge in [0.2, 0.25) is 5.91 Å². The predicted octanol–water partition coefficient (Wildman–Crippen LogP) is 2.15. The molecule has 1 saturated heterocycles. The van der Waals surface area contributed by atoms with Crippen molar-refractivity contribution in [2.75, 3.05) is 13.1 Å². The molecular formula is C20H29N5O. The molecule has 1 aliphatic heterocycles. The number of amides is 1. The molecule has 0 aromatic carbocycles. The van der Waals surface area contributed by atoms with Crippen LogP contribution in [-0.4, -0.2) is 44.7 Å². The van der Waals surface area contributed by atoms with Crippen LogP contribution in [0.2, 0.25) is 0 Å². The van der Waals surface area contributed by atoms with Gasteiger partial charge in [0.05, 0.1) is 5.69 Å². The number of hydrogen-bond acceptors (Lipinski definition) is 4. The highest BCUT2D eigenvalue weighted by atomic mass is 16.1. The van der Waals surface area contributed by atoms with Gasteiger partial charge in [-0.3, -0.25) is 19.4 Å². The zero-order chi connectivity index (χ0) is 18.5. The third-order valence-electron chi connectivity index (χ3n) is 5.26. The number of nitrogens with one attached hydrogen (secondary N) is 1. The van der Waals surface area contributed by atoms with E-state index in [-0.39, 0.29) is 11.9 Å². The van der Waals surface area contributed by atoms with E-state index in [0.29, 0.717) is 6.42 Å². The highest BCUT2D eigenvalue weighted by Crippen LogP contribution is 2.16. The smallest absolute Gasteiger partial charge is 0.220 e. The lowest BCUT2D eigenvalue weighted by Gasteiger charge is -2.33. The fourth-order valence-corrected chi connectivity index (χ4v) is 3.78. The minimum Gasteiger partial charge on any atom is -0.352 e. The number of carbonyl (C=O) groups is 1. The van der Waals surface area contributed by atoms with Gasteiger partial charge in [-0.05, 0) is 56.8 Å². The molecule has 0 aliphatic carbocycles. The second kappa shape index (κ2) is 8.45. The SMILES string of the molecule is Cc1nn(C)c(C)c1CCC(=O)N[C@H]1CCCN(Cc2cccnc2)C1. The van der Waals surface area contributed by atoms with Crippen LogP contribution < -0.4 is 5.32 Å². The molecule has 140 valence electrons. The summed E-state index contributed by atoms with van der Waals surface area (Å²) < 4.78 is 1.89. The van der Waals surface area contributed by atoms with Crippen LogP contribution >= 0.6 is 0 Å². The fourth-order valence-electron chi connectivity index (χ4n) is 3.78. The average molecular weight is 355 g/mol. The highest BCUT2D eigenvalue weighted by Gasteiger charge is 2.21. The minimum atomic E-state index is 0.140. The Bertz CT molecular complexity index is 740. The first kappa shape index (κ1) is 18.6. The third-order valence-corrected chi connectivity index (χ3v) is 5.26. The molecule has 0 radical (unpaired) electrons. The van der Waals surface area contributed by atoms with Gasteiger partial charge >= 0.3 is 0 Å². The Morgan fingerprint density at radius 3 is 2.92 bits per heavy atom. The Morgan fingerprint density at radius 2 is 2.23 bits per heavy atom. The van der Waals surface area contributed by atoms with E-state index in [1.807, 2.05) is 30.9 Å². The van der Waals surface area contributed by atoms with E-state index in [4.69, 9.17) is 0 Å². The number of aryl methyl sites for hydroxylation is 2. The van der Waals surface area contributed by atoms with Crippen molar-refractivity contribution < 1.29 is 4.79 Å². The van der Waals surface area contributed by atoms with Crippen molar-refractivity contribution in [2.45, 2.75) is 52.1 Å². The second-order valence-electron chi connectivity index (χ2n) is 7.28. The standard InChI is InChI=1S/C20H29N5O/c1-15-19(16(2)24(3)23-15)8-9-20(26)22-18-7-5-11-25(14-18)13-17-6-4-10-21-12-17/h4,6,10,12,18H,5,7-9,11,13-14H2,1-3H3,(H,22,26)/t18-/m0/s1. The Labute approximate surface area is 155 Å². The van der Waals surface area contributed by atoms with Gasteiger partial charge in [0.25, 0.3) is 0 Å². The summed E-state index contributed by atoms with van der Waals surface area (Å²) in [5.74, 6) is 0.140. The van der Waals surface area contributed by atoms with Crippen molar-refractivity contribution in [1.82, 2.24) is 25.0 Å². The molecule has 1 N–H and O–H groups in total. The number of rotatable bonds is 6. The molecule has 1 aliphatic rings. The van der Waals surface area contributed by atoms with Gasteiger partial charge in [-0.1, -0.05) is 6.07 Å². The van der Waals surface area contributed by atoms with Crippen LogP contribution in [0.4, 0.5) is 0 Å². The molecule has 0 spiro atoms. The number of aromatic nitrogens is 3. The minimum absolute atomic E-state index is 0.140. The number of pyridine rings is 1.